The summed E-state index contributed by atoms with van der Waals surface area (Å²) < 4.78 is 16.2. The van der Waals surface area contributed by atoms with Crippen molar-refractivity contribution in [1.82, 2.24) is 0 Å². The van der Waals surface area contributed by atoms with Crippen LogP contribution in [-0.2, 0) is 19.0 Å². The van der Waals surface area contributed by atoms with Crippen molar-refractivity contribution in [1.29, 1.82) is 0 Å². The predicted molar refractivity (Wildman–Crippen MR) is 79.9 cm³/mol. The first-order chi connectivity index (χ1) is 10.6. The maximum absolute atomic E-state index is 11.4. The van der Waals surface area contributed by atoms with Crippen LogP contribution in [0.25, 0.3) is 0 Å². The van der Waals surface area contributed by atoms with E-state index in [1.807, 2.05) is 24.3 Å². The maximum atomic E-state index is 11.4. The second kappa shape index (κ2) is 6.02. The van der Waals surface area contributed by atoms with Crippen LogP contribution in [0.2, 0.25) is 0 Å². The summed E-state index contributed by atoms with van der Waals surface area (Å²) in [4.78, 5) is 11.4. The standard InChI is InChI=1S/C16H15ClO5/c1-20-15-11-6-3-2-5-9(11)10-7-4-8-12(17)13(10)21-16(22-15)14(18)19/h3-4,6-8,13,16H,2,5H2,1H3,(H,18,19)/b10-9-,15-11?. The third-order valence-corrected chi connectivity index (χ3v) is 3.99. The molecule has 2 unspecified atom stereocenters. The lowest BCUT2D eigenvalue weighted by atomic mass is 9.87. The molecule has 1 heterocycles. The van der Waals surface area contributed by atoms with Gasteiger partial charge in [0.05, 0.1) is 17.7 Å². The van der Waals surface area contributed by atoms with E-state index in [1.165, 1.54) is 7.11 Å². The van der Waals surface area contributed by atoms with E-state index in [1.54, 1.807) is 6.08 Å². The summed E-state index contributed by atoms with van der Waals surface area (Å²) in [7, 11) is 1.44. The maximum Gasteiger partial charge on any atom is 0.374 e. The molecular weight excluding hydrogens is 308 g/mol. The smallest absolute Gasteiger partial charge is 0.374 e. The first-order valence-corrected chi connectivity index (χ1v) is 7.26. The van der Waals surface area contributed by atoms with E-state index in [9.17, 15) is 9.90 Å². The zero-order chi connectivity index (χ0) is 15.7. The summed E-state index contributed by atoms with van der Waals surface area (Å²) in [6.45, 7) is 0. The van der Waals surface area contributed by atoms with Crippen LogP contribution in [0.3, 0.4) is 0 Å². The Kier molecular flexibility index (Phi) is 4.09. The lowest BCUT2D eigenvalue weighted by molar-refractivity contribution is -0.195. The Labute approximate surface area is 132 Å². The molecule has 22 heavy (non-hydrogen) atoms. The van der Waals surface area contributed by atoms with Gasteiger partial charge in [-0.05, 0) is 30.1 Å². The lowest BCUT2D eigenvalue weighted by Gasteiger charge is -2.31. The van der Waals surface area contributed by atoms with E-state index in [0.29, 0.717) is 5.03 Å². The first-order valence-electron chi connectivity index (χ1n) is 6.88. The van der Waals surface area contributed by atoms with E-state index in [2.05, 4.69) is 0 Å². The topological polar surface area (TPSA) is 65.0 Å². The van der Waals surface area contributed by atoms with Crippen molar-refractivity contribution >= 4 is 17.6 Å². The third-order valence-electron chi connectivity index (χ3n) is 3.66. The molecule has 3 aliphatic rings. The minimum Gasteiger partial charge on any atom is -0.477 e. The second-order valence-electron chi connectivity index (χ2n) is 5.00. The number of ether oxygens (including phenoxy) is 3. The summed E-state index contributed by atoms with van der Waals surface area (Å²) in [5.74, 6) is -1.10. The van der Waals surface area contributed by atoms with Crippen LogP contribution >= 0.6 is 11.6 Å². The quantitative estimate of drug-likeness (QED) is 0.846. The molecule has 2 aliphatic carbocycles. The van der Waals surface area contributed by atoms with Gasteiger partial charge in [-0.3, -0.25) is 0 Å². The minimum absolute atomic E-state index is 0.142. The van der Waals surface area contributed by atoms with Crippen LogP contribution in [0, 0.1) is 0 Å². The molecule has 3 rings (SSSR count). The van der Waals surface area contributed by atoms with Gasteiger partial charge < -0.3 is 19.3 Å². The number of methoxy groups -OCH3 is 1. The molecule has 0 saturated heterocycles. The number of aliphatic carboxylic acids is 1. The predicted octanol–water partition coefficient (Wildman–Crippen LogP) is 3.01. The Morgan fingerprint density at radius 3 is 3.00 bits per heavy atom. The molecule has 0 aromatic carbocycles. The highest BCUT2D eigenvalue weighted by Crippen LogP contribution is 2.38. The molecule has 0 aromatic rings. The van der Waals surface area contributed by atoms with Crippen LogP contribution in [0.5, 0.6) is 0 Å². The Bertz CT molecular complexity index is 653. The van der Waals surface area contributed by atoms with Crippen LogP contribution in [-0.4, -0.2) is 30.6 Å². The Morgan fingerprint density at radius 1 is 1.45 bits per heavy atom. The van der Waals surface area contributed by atoms with E-state index in [0.717, 1.165) is 29.6 Å². The molecule has 0 bridgehead atoms. The number of carboxylic acid groups (broad SMARTS) is 1. The van der Waals surface area contributed by atoms with Crippen molar-refractivity contribution in [2.45, 2.75) is 25.2 Å². The summed E-state index contributed by atoms with van der Waals surface area (Å²) in [5, 5.41) is 9.72. The van der Waals surface area contributed by atoms with Gasteiger partial charge in [-0.2, -0.15) is 0 Å². The minimum atomic E-state index is -1.49. The van der Waals surface area contributed by atoms with E-state index >= 15 is 0 Å². The highest BCUT2D eigenvalue weighted by Gasteiger charge is 2.35. The molecule has 5 nitrogen and oxygen atoms in total. The molecule has 6 heteroatoms. The molecule has 2 atom stereocenters. The van der Waals surface area contributed by atoms with E-state index < -0.39 is 18.4 Å². The van der Waals surface area contributed by atoms with Gasteiger partial charge in [0.15, 0.2) is 0 Å². The van der Waals surface area contributed by atoms with Gasteiger partial charge in [0, 0.05) is 0 Å². The van der Waals surface area contributed by atoms with Crippen molar-refractivity contribution in [3.63, 3.8) is 0 Å². The monoisotopic (exact) mass is 322 g/mol. The molecule has 0 radical (unpaired) electrons. The van der Waals surface area contributed by atoms with Gasteiger partial charge in [0.25, 0.3) is 5.95 Å². The largest absolute Gasteiger partial charge is 0.477 e. The van der Waals surface area contributed by atoms with Gasteiger partial charge in [-0.25, -0.2) is 4.79 Å². The second-order valence-corrected chi connectivity index (χ2v) is 5.43. The van der Waals surface area contributed by atoms with Gasteiger partial charge in [-0.15, -0.1) is 0 Å². The number of halogens is 1. The van der Waals surface area contributed by atoms with Crippen molar-refractivity contribution < 1.29 is 24.1 Å². The van der Waals surface area contributed by atoms with Crippen molar-refractivity contribution in [2.24, 2.45) is 0 Å². The van der Waals surface area contributed by atoms with E-state index in [4.69, 9.17) is 25.8 Å². The van der Waals surface area contributed by atoms with Crippen molar-refractivity contribution in [2.75, 3.05) is 7.11 Å². The summed E-state index contributed by atoms with van der Waals surface area (Å²) >= 11 is 6.22. The number of carboxylic acids is 1. The molecule has 0 aromatic heterocycles. The molecular formula is C16H15ClO5. The number of carbonyl (C=O) groups is 1. The van der Waals surface area contributed by atoms with Gasteiger partial charge in [0.1, 0.15) is 6.10 Å². The summed E-state index contributed by atoms with van der Waals surface area (Å²) in [6.07, 6.45) is 8.80. The highest BCUT2D eigenvalue weighted by molar-refractivity contribution is 6.30. The zero-order valence-electron chi connectivity index (χ0n) is 11.9. The number of fused-ring (bicyclic) bond motifs is 2. The zero-order valence-corrected chi connectivity index (χ0v) is 12.7. The molecule has 0 saturated carbocycles. The molecule has 0 amide bonds. The van der Waals surface area contributed by atoms with Crippen LogP contribution in [0.4, 0.5) is 0 Å². The fourth-order valence-corrected chi connectivity index (χ4v) is 2.94. The van der Waals surface area contributed by atoms with Gasteiger partial charge in [-0.1, -0.05) is 35.9 Å². The van der Waals surface area contributed by atoms with E-state index in [-0.39, 0.29) is 5.95 Å². The lowest BCUT2D eigenvalue weighted by Crippen LogP contribution is -2.35. The summed E-state index contributed by atoms with van der Waals surface area (Å²) in [6, 6.07) is 0. The Morgan fingerprint density at radius 2 is 2.27 bits per heavy atom. The Balaban J connectivity index is 2.19. The molecule has 0 fully saturated rings. The van der Waals surface area contributed by atoms with Crippen molar-refractivity contribution in [3.05, 3.63) is 58.1 Å². The molecule has 116 valence electrons. The first kappa shape index (κ1) is 14.9. The number of rotatable bonds is 2. The average Bonchev–Trinajstić information content (AvgIpc) is 2.50. The normalized spacial score (nSPS) is 30.5. The van der Waals surface area contributed by atoms with Gasteiger partial charge in [0.2, 0.25) is 0 Å². The van der Waals surface area contributed by atoms with Gasteiger partial charge >= 0.3 is 12.3 Å². The number of hydrogen-bond donors (Lipinski definition) is 1. The number of allylic oxidation sites excluding steroid dienone is 6. The average molecular weight is 323 g/mol. The molecule has 0 spiro atoms. The fourth-order valence-electron chi connectivity index (χ4n) is 2.70. The van der Waals surface area contributed by atoms with Crippen LogP contribution in [0.15, 0.2) is 58.1 Å². The number of hydrogen-bond acceptors (Lipinski definition) is 4. The van der Waals surface area contributed by atoms with Crippen LogP contribution < -0.4 is 0 Å². The SMILES string of the molecule is COC1=C2C=CCC/C2=C2\C=CC=C(Cl)C2OC(C(=O)O)O1. The fraction of sp³-hybridized carbons (Fsp3) is 0.312. The Hall–Kier alpha value is -1.98. The molecule has 1 aliphatic heterocycles. The summed E-state index contributed by atoms with van der Waals surface area (Å²) in [5.41, 5.74) is 2.57. The molecule has 1 N–H and O–H groups in total. The van der Waals surface area contributed by atoms with Crippen LogP contribution in [0.1, 0.15) is 12.8 Å². The highest BCUT2D eigenvalue weighted by atomic mass is 35.5. The third kappa shape index (κ3) is 2.58. The van der Waals surface area contributed by atoms with Crippen molar-refractivity contribution in [3.8, 4) is 0 Å².